The van der Waals surface area contributed by atoms with Gasteiger partial charge in [0.15, 0.2) is 0 Å². The summed E-state index contributed by atoms with van der Waals surface area (Å²) < 4.78 is 0. The molecule has 0 unspecified atom stereocenters. The Hall–Kier alpha value is -1.35. The van der Waals surface area contributed by atoms with Gasteiger partial charge in [-0.25, -0.2) is 0 Å². The van der Waals surface area contributed by atoms with Crippen LogP contribution in [0.4, 0.5) is 0 Å². The Kier molecular flexibility index (Phi) is 5.18. The first-order valence-corrected chi connectivity index (χ1v) is 7.09. The van der Waals surface area contributed by atoms with Crippen LogP contribution in [-0.4, -0.2) is 36.8 Å². The maximum absolute atomic E-state index is 10.6. The second kappa shape index (κ2) is 6.89. The van der Waals surface area contributed by atoms with Crippen molar-refractivity contribution in [1.29, 1.82) is 0 Å². The molecular formula is C17H20ClNO. The van der Waals surface area contributed by atoms with E-state index in [1.807, 2.05) is 61.5 Å². The predicted molar refractivity (Wildman–Crippen MR) is 84.3 cm³/mol. The minimum Gasteiger partial charge on any atom is -0.391 e. The molecule has 106 valence electrons. The standard InChI is InChI=1S/C17H20ClNO/c1-19(2)12-16(20)17(13-6-4-3-5-7-13)14-8-10-15(18)11-9-14/h3-11,16-17,20H,12H2,1-2H3/t16-,17-/m0/s1. The van der Waals surface area contributed by atoms with E-state index in [2.05, 4.69) is 12.1 Å². The van der Waals surface area contributed by atoms with E-state index in [4.69, 9.17) is 11.6 Å². The van der Waals surface area contributed by atoms with Gasteiger partial charge in [-0.05, 0) is 37.4 Å². The Morgan fingerprint density at radius 2 is 1.50 bits per heavy atom. The van der Waals surface area contributed by atoms with Crippen LogP contribution in [0.2, 0.25) is 5.02 Å². The van der Waals surface area contributed by atoms with Crippen LogP contribution in [0, 0.1) is 0 Å². The zero-order valence-corrected chi connectivity index (χ0v) is 12.6. The summed E-state index contributed by atoms with van der Waals surface area (Å²) in [7, 11) is 3.93. The minimum atomic E-state index is -0.464. The molecule has 20 heavy (non-hydrogen) atoms. The number of aliphatic hydroxyl groups excluding tert-OH is 1. The van der Waals surface area contributed by atoms with Gasteiger partial charge in [0, 0.05) is 17.5 Å². The number of halogens is 1. The topological polar surface area (TPSA) is 23.5 Å². The zero-order chi connectivity index (χ0) is 14.5. The lowest BCUT2D eigenvalue weighted by Gasteiger charge is -2.26. The zero-order valence-electron chi connectivity index (χ0n) is 11.8. The first-order valence-electron chi connectivity index (χ1n) is 6.71. The minimum absolute atomic E-state index is 0.0455. The van der Waals surface area contributed by atoms with Gasteiger partial charge >= 0.3 is 0 Å². The van der Waals surface area contributed by atoms with Crippen molar-refractivity contribution in [2.45, 2.75) is 12.0 Å². The second-order valence-electron chi connectivity index (χ2n) is 5.27. The third-order valence-electron chi connectivity index (χ3n) is 3.32. The van der Waals surface area contributed by atoms with Gasteiger partial charge in [-0.3, -0.25) is 0 Å². The molecule has 0 saturated carbocycles. The summed E-state index contributed by atoms with van der Waals surface area (Å²) >= 11 is 5.96. The molecule has 0 saturated heterocycles. The van der Waals surface area contributed by atoms with E-state index in [9.17, 15) is 5.11 Å². The van der Waals surface area contributed by atoms with Gasteiger partial charge in [0.1, 0.15) is 0 Å². The Morgan fingerprint density at radius 1 is 0.950 bits per heavy atom. The molecule has 0 aromatic heterocycles. The predicted octanol–water partition coefficient (Wildman–Crippen LogP) is 3.39. The highest BCUT2D eigenvalue weighted by molar-refractivity contribution is 6.30. The third-order valence-corrected chi connectivity index (χ3v) is 3.58. The van der Waals surface area contributed by atoms with Crippen molar-refractivity contribution in [3.8, 4) is 0 Å². The molecule has 2 atom stereocenters. The summed E-state index contributed by atoms with van der Waals surface area (Å²) in [5.74, 6) is -0.0455. The number of likely N-dealkylation sites (N-methyl/N-ethyl adjacent to an activating group) is 1. The first kappa shape index (κ1) is 15.0. The van der Waals surface area contributed by atoms with Gasteiger partial charge in [-0.1, -0.05) is 54.1 Å². The van der Waals surface area contributed by atoms with Crippen molar-refractivity contribution in [2.24, 2.45) is 0 Å². The Bertz CT molecular complexity index is 524. The molecule has 0 heterocycles. The number of nitrogens with zero attached hydrogens (tertiary/aromatic N) is 1. The molecule has 3 heteroatoms. The summed E-state index contributed by atoms with van der Waals surface area (Å²) in [6.45, 7) is 0.613. The lowest BCUT2D eigenvalue weighted by Crippen LogP contribution is -2.31. The van der Waals surface area contributed by atoms with Gasteiger partial charge in [0.2, 0.25) is 0 Å². The maximum atomic E-state index is 10.6. The Labute approximate surface area is 125 Å². The van der Waals surface area contributed by atoms with Gasteiger partial charge in [0.25, 0.3) is 0 Å². The molecule has 2 rings (SSSR count). The molecule has 1 N–H and O–H groups in total. The van der Waals surface area contributed by atoms with Gasteiger partial charge < -0.3 is 10.0 Å². The molecule has 2 aromatic rings. The van der Waals surface area contributed by atoms with E-state index in [0.717, 1.165) is 11.1 Å². The summed E-state index contributed by atoms with van der Waals surface area (Å²) in [4.78, 5) is 2.00. The van der Waals surface area contributed by atoms with Crippen molar-refractivity contribution >= 4 is 11.6 Å². The molecule has 0 fully saturated rings. The van der Waals surface area contributed by atoms with Crippen molar-refractivity contribution in [1.82, 2.24) is 4.90 Å². The fourth-order valence-corrected chi connectivity index (χ4v) is 2.57. The number of rotatable bonds is 5. The smallest absolute Gasteiger partial charge is 0.0775 e. The molecule has 2 aromatic carbocycles. The number of aliphatic hydroxyl groups is 1. The largest absolute Gasteiger partial charge is 0.391 e. The summed E-state index contributed by atoms with van der Waals surface area (Å²) in [6.07, 6.45) is -0.464. The van der Waals surface area contributed by atoms with E-state index in [1.54, 1.807) is 0 Å². The van der Waals surface area contributed by atoms with Crippen molar-refractivity contribution in [3.63, 3.8) is 0 Å². The lowest BCUT2D eigenvalue weighted by atomic mass is 9.86. The van der Waals surface area contributed by atoms with Crippen molar-refractivity contribution in [3.05, 3.63) is 70.7 Å². The van der Waals surface area contributed by atoms with Gasteiger partial charge in [-0.15, -0.1) is 0 Å². The van der Waals surface area contributed by atoms with E-state index in [1.165, 1.54) is 0 Å². The average molecular weight is 290 g/mol. The second-order valence-corrected chi connectivity index (χ2v) is 5.71. The van der Waals surface area contributed by atoms with Crippen LogP contribution in [0.25, 0.3) is 0 Å². The van der Waals surface area contributed by atoms with Crippen LogP contribution in [0.1, 0.15) is 17.0 Å². The number of hydrogen-bond acceptors (Lipinski definition) is 2. The monoisotopic (exact) mass is 289 g/mol. The molecule has 0 aliphatic heterocycles. The fraction of sp³-hybridized carbons (Fsp3) is 0.294. The van der Waals surface area contributed by atoms with E-state index < -0.39 is 6.10 Å². The van der Waals surface area contributed by atoms with Crippen LogP contribution in [0.15, 0.2) is 54.6 Å². The third kappa shape index (κ3) is 3.83. The number of hydrogen-bond donors (Lipinski definition) is 1. The van der Waals surface area contributed by atoms with Crippen LogP contribution >= 0.6 is 11.6 Å². The summed E-state index contributed by atoms with van der Waals surface area (Å²) in [5, 5.41) is 11.3. The van der Waals surface area contributed by atoms with E-state index >= 15 is 0 Å². The first-order chi connectivity index (χ1) is 9.58. The van der Waals surface area contributed by atoms with Gasteiger partial charge in [0.05, 0.1) is 6.10 Å². The Balaban J connectivity index is 2.36. The van der Waals surface area contributed by atoms with Crippen LogP contribution in [0.3, 0.4) is 0 Å². The SMILES string of the molecule is CN(C)C[C@H](O)[C@@H](c1ccccc1)c1ccc(Cl)cc1. The summed E-state index contributed by atoms with van der Waals surface area (Å²) in [6, 6.07) is 17.8. The molecule has 0 aliphatic carbocycles. The fourth-order valence-electron chi connectivity index (χ4n) is 2.45. The normalized spacial score (nSPS) is 14.2. The van der Waals surface area contributed by atoms with Crippen LogP contribution in [-0.2, 0) is 0 Å². The highest BCUT2D eigenvalue weighted by Crippen LogP contribution is 2.29. The molecular weight excluding hydrogens is 270 g/mol. The van der Waals surface area contributed by atoms with Gasteiger partial charge in [-0.2, -0.15) is 0 Å². The molecule has 0 spiro atoms. The Morgan fingerprint density at radius 3 is 2.05 bits per heavy atom. The molecule has 2 nitrogen and oxygen atoms in total. The quantitative estimate of drug-likeness (QED) is 0.912. The maximum Gasteiger partial charge on any atom is 0.0775 e. The average Bonchev–Trinajstić information content (AvgIpc) is 2.42. The number of benzene rings is 2. The van der Waals surface area contributed by atoms with Crippen molar-refractivity contribution < 1.29 is 5.11 Å². The highest BCUT2D eigenvalue weighted by Gasteiger charge is 2.23. The molecule has 0 aliphatic rings. The van der Waals surface area contributed by atoms with E-state index in [-0.39, 0.29) is 5.92 Å². The summed E-state index contributed by atoms with van der Waals surface area (Å²) in [5.41, 5.74) is 2.19. The van der Waals surface area contributed by atoms with E-state index in [0.29, 0.717) is 11.6 Å². The lowest BCUT2D eigenvalue weighted by molar-refractivity contribution is 0.121. The molecule has 0 amide bonds. The van der Waals surface area contributed by atoms with Crippen LogP contribution < -0.4 is 0 Å². The highest BCUT2D eigenvalue weighted by atomic mass is 35.5. The van der Waals surface area contributed by atoms with Crippen LogP contribution in [0.5, 0.6) is 0 Å². The molecule has 0 bridgehead atoms. The molecule has 0 radical (unpaired) electrons. The van der Waals surface area contributed by atoms with Crippen molar-refractivity contribution in [2.75, 3.05) is 20.6 Å².